The first-order chi connectivity index (χ1) is 12.1. The van der Waals surface area contributed by atoms with Gasteiger partial charge in [0.05, 0.1) is 0 Å². The molecule has 0 aromatic rings. The van der Waals surface area contributed by atoms with Crippen molar-refractivity contribution in [1.29, 1.82) is 0 Å². The van der Waals surface area contributed by atoms with E-state index in [-0.39, 0.29) is 6.16 Å². The molecule has 0 unspecified atom stereocenters. The Morgan fingerprint density at radius 2 is 0.880 bits per heavy atom. The Kier molecular flexibility index (Phi) is 19.2. The molecule has 0 fully saturated rings. The maximum atomic E-state index is 8.87. The average Bonchev–Trinajstić information content (AvgIpc) is 2.56. The molecule has 4 nitrogen and oxygen atoms in total. The van der Waals surface area contributed by atoms with Crippen LogP contribution in [0.25, 0.3) is 0 Å². The predicted molar refractivity (Wildman–Crippen MR) is 112 cm³/mol. The van der Waals surface area contributed by atoms with E-state index in [2.05, 4.69) is 12.2 Å². The van der Waals surface area contributed by atoms with Crippen LogP contribution in [0.4, 0.5) is 0 Å². The number of hydrogen-bond acceptors (Lipinski definition) is 4. The fourth-order valence-electron chi connectivity index (χ4n) is 3.18. The Balaban J connectivity index is 3.01. The fraction of sp³-hybridized carbons (Fsp3) is 1.00. The quantitative estimate of drug-likeness (QED) is 0.171. The first-order valence-electron chi connectivity index (χ1n) is 10.9. The number of hydrogen-bond donors (Lipinski definition) is 4. The van der Waals surface area contributed by atoms with Gasteiger partial charge in [0, 0.05) is 0 Å². The van der Waals surface area contributed by atoms with Gasteiger partial charge in [0.1, 0.15) is 0 Å². The standard InChI is InChI=1S/C20H46NO3P/c1-2-3-4-5-6-7-8-9-10-11-12-13-14-15-16-17-18-21-19-20-25(22,23)24/h21-25H,2-20H2,1H3. The van der Waals surface area contributed by atoms with Crippen molar-refractivity contribution in [3.63, 3.8) is 0 Å². The molecule has 0 saturated heterocycles. The van der Waals surface area contributed by atoms with Gasteiger partial charge in [-0.1, -0.05) is 58.3 Å². The van der Waals surface area contributed by atoms with Crippen molar-refractivity contribution in [2.45, 2.75) is 110 Å². The second kappa shape index (κ2) is 19.0. The molecule has 0 radical (unpaired) electrons. The van der Waals surface area contributed by atoms with Gasteiger partial charge in [0.2, 0.25) is 0 Å². The van der Waals surface area contributed by atoms with Gasteiger partial charge in [-0.05, 0) is 0 Å². The van der Waals surface area contributed by atoms with Crippen molar-refractivity contribution < 1.29 is 14.7 Å². The van der Waals surface area contributed by atoms with E-state index in [0.717, 1.165) is 13.0 Å². The zero-order chi connectivity index (χ0) is 18.6. The van der Waals surface area contributed by atoms with E-state index in [1.54, 1.807) is 0 Å². The summed E-state index contributed by atoms with van der Waals surface area (Å²) >= 11 is 0. The van der Waals surface area contributed by atoms with Crippen LogP contribution in [0.15, 0.2) is 0 Å². The van der Waals surface area contributed by atoms with Crippen molar-refractivity contribution in [3.8, 4) is 0 Å². The van der Waals surface area contributed by atoms with E-state index in [4.69, 9.17) is 14.7 Å². The molecule has 154 valence electrons. The Labute approximate surface area is 157 Å². The molecule has 0 amide bonds. The summed E-state index contributed by atoms with van der Waals surface area (Å²) in [5.74, 6) is 0. The van der Waals surface area contributed by atoms with Crippen LogP contribution in [-0.2, 0) is 0 Å². The van der Waals surface area contributed by atoms with E-state index < -0.39 is 7.94 Å². The summed E-state index contributed by atoms with van der Waals surface area (Å²) in [6.07, 6.45) is 22.1. The Hall–Kier alpha value is 0.270. The molecule has 0 heterocycles. The van der Waals surface area contributed by atoms with Gasteiger partial charge in [0.15, 0.2) is 0 Å². The molecule has 0 aromatic carbocycles. The molecular weight excluding hydrogens is 333 g/mol. The van der Waals surface area contributed by atoms with E-state index in [1.165, 1.54) is 96.3 Å². The molecule has 25 heavy (non-hydrogen) atoms. The summed E-state index contributed by atoms with van der Waals surface area (Å²) in [6.45, 7) is 3.68. The molecular formula is C20H46NO3P. The van der Waals surface area contributed by atoms with E-state index >= 15 is 0 Å². The number of unbranched alkanes of at least 4 members (excludes halogenated alkanes) is 15. The van der Waals surface area contributed by atoms with Gasteiger partial charge in [-0.15, -0.1) is 0 Å². The molecule has 0 bridgehead atoms. The van der Waals surface area contributed by atoms with E-state index in [1.807, 2.05) is 0 Å². The van der Waals surface area contributed by atoms with Crippen molar-refractivity contribution in [2.24, 2.45) is 0 Å². The molecule has 0 aliphatic heterocycles. The van der Waals surface area contributed by atoms with Crippen molar-refractivity contribution in [2.75, 3.05) is 19.3 Å². The minimum atomic E-state index is -3.83. The summed E-state index contributed by atoms with van der Waals surface area (Å²) < 4.78 is 0. The topological polar surface area (TPSA) is 72.7 Å². The van der Waals surface area contributed by atoms with Gasteiger partial charge in [-0.25, -0.2) is 0 Å². The van der Waals surface area contributed by atoms with Gasteiger partial charge >= 0.3 is 98.6 Å². The SMILES string of the molecule is CCCCCCCCCCCCCCCCCCNCC[PH](O)(O)O. The van der Waals surface area contributed by atoms with Gasteiger partial charge in [0.25, 0.3) is 0 Å². The summed E-state index contributed by atoms with van der Waals surface area (Å²) in [6, 6.07) is 0. The average molecular weight is 380 g/mol. The third-order valence-corrected chi connectivity index (χ3v) is 5.77. The first-order valence-corrected chi connectivity index (χ1v) is 13.0. The molecule has 0 spiro atoms. The number of rotatable bonds is 20. The van der Waals surface area contributed by atoms with Crippen LogP contribution in [-0.4, -0.2) is 33.9 Å². The summed E-state index contributed by atoms with van der Waals surface area (Å²) in [5.41, 5.74) is 0. The Bertz CT molecular complexity index is 260. The van der Waals surface area contributed by atoms with Gasteiger partial charge < -0.3 is 0 Å². The monoisotopic (exact) mass is 379 g/mol. The maximum absolute atomic E-state index is 8.87. The molecule has 5 heteroatoms. The van der Waals surface area contributed by atoms with E-state index in [0.29, 0.717) is 6.54 Å². The molecule has 0 aliphatic rings. The zero-order valence-corrected chi connectivity index (χ0v) is 17.8. The summed E-state index contributed by atoms with van der Waals surface area (Å²) in [4.78, 5) is 26.6. The van der Waals surface area contributed by atoms with Gasteiger partial charge in [-0.3, -0.25) is 0 Å². The summed E-state index contributed by atoms with van der Waals surface area (Å²) in [5, 5.41) is 3.15. The number of nitrogens with one attached hydrogen (secondary N) is 1. The van der Waals surface area contributed by atoms with Crippen LogP contribution in [0.5, 0.6) is 0 Å². The fourth-order valence-corrected chi connectivity index (χ4v) is 3.69. The first kappa shape index (κ1) is 25.3. The molecule has 0 saturated carbocycles. The molecule has 0 atom stereocenters. The van der Waals surface area contributed by atoms with Crippen molar-refractivity contribution in [3.05, 3.63) is 0 Å². The van der Waals surface area contributed by atoms with E-state index in [9.17, 15) is 0 Å². The van der Waals surface area contributed by atoms with Crippen molar-refractivity contribution >= 4 is 7.94 Å². The van der Waals surface area contributed by atoms with Crippen LogP contribution < -0.4 is 5.32 Å². The molecule has 0 aliphatic carbocycles. The Morgan fingerprint density at radius 1 is 0.520 bits per heavy atom. The van der Waals surface area contributed by atoms with Crippen LogP contribution in [0.3, 0.4) is 0 Å². The van der Waals surface area contributed by atoms with Crippen molar-refractivity contribution in [1.82, 2.24) is 5.32 Å². The Morgan fingerprint density at radius 3 is 1.24 bits per heavy atom. The second-order valence-corrected chi connectivity index (χ2v) is 9.63. The van der Waals surface area contributed by atoms with Crippen LogP contribution in [0.2, 0.25) is 0 Å². The molecule has 0 aromatic heterocycles. The second-order valence-electron chi connectivity index (χ2n) is 7.58. The summed E-state index contributed by atoms with van der Waals surface area (Å²) in [7, 11) is -3.83. The molecule has 4 N–H and O–H groups in total. The molecule has 0 rings (SSSR count). The minimum absolute atomic E-state index is 0.0891. The van der Waals surface area contributed by atoms with Crippen LogP contribution >= 0.6 is 7.94 Å². The normalized spacial score (nSPS) is 12.6. The third-order valence-electron chi connectivity index (χ3n) is 4.84. The van der Waals surface area contributed by atoms with Crippen LogP contribution in [0.1, 0.15) is 110 Å². The van der Waals surface area contributed by atoms with Crippen LogP contribution in [0, 0.1) is 0 Å². The van der Waals surface area contributed by atoms with Gasteiger partial charge in [-0.2, -0.15) is 0 Å². The third kappa shape index (κ3) is 24.3. The zero-order valence-electron chi connectivity index (χ0n) is 16.8. The predicted octanol–water partition coefficient (Wildman–Crippen LogP) is 5.31.